The fraction of sp³-hybridized carbons (Fsp3) is 0.143. The van der Waals surface area contributed by atoms with Crippen LogP contribution in [-0.2, 0) is 4.79 Å². The minimum absolute atomic E-state index is 0.0158. The van der Waals surface area contributed by atoms with Gasteiger partial charge in [-0.3, -0.25) is 4.79 Å². The minimum Gasteiger partial charge on any atom is -0.467 e. The molecular formula is C21H17ClFN3O2. The molecule has 0 saturated carbocycles. The summed E-state index contributed by atoms with van der Waals surface area (Å²) in [6.45, 7) is -0.0158. The van der Waals surface area contributed by atoms with Crippen LogP contribution < -0.4 is 5.32 Å². The number of carbonyl (C=O) groups is 1. The Labute approximate surface area is 166 Å². The number of amides is 1. The number of nitrogens with zero attached hydrogens (tertiary/aromatic N) is 2. The number of hydrazone groups is 1. The van der Waals surface area contributed by atoms with E-state index in [0.29, 0.717) is 22.9 Å². The second-order valence-corrected chi connectivity index (χ2v) is 6.83. The van der Waals surface area contributed by atoms with Crippen LogP contribution in [0.15, 0.2) is 76.4 Å². The Kier molecular flexibility index (Phi) is 5.12. The molecule has 0 aliphatic carbocycles. The fourth-order valence-electron chi connectivity index (χ4n) is 3.12. The molecule has 2 heterocycles. The molecule has 1 atom stereocenters. The van der Waals surface area contributed by atoms with E-state index in [0.717, 1.165) is 11.3 Å². The Balaban J connectivity index is 1.55. The van der Waals surface area contributed by atoms with Crippen molar-refractivity contribution < 1.29 is 13.6 Å². The minimum atomic E-state index is -0.366. The number of nitrogens with one attached hydrogen (secondary N) is 1. The van der Waals surface area contributed by atoms with E-state index in [4.69, 9.17) is 16.0 Å². The number of hydrogen-bond acceptors (Lipinski definition) is 4. The van der Waals surface area contributed by atoms with Crippen molar-refractivity contribution in [2.24, 2.45) is 5.10 Å². The highest BCUT2D eigenvalue weighted by Crippen LogP contribution is 2.33. The van der Waals surface area contributed by atoms with E-state index in [1.165, 1.54) is 17.1 Å². The zero-order valence-electron chi connectivity index (χ0n) is 14.8. The van der Waals surface area contributed by atoms with Crippen molar-refractivity contribution in [1.82, 2.24) is 5.01 Å². The first kappa shape index (κ1) is 18.3. The molecule has 0 bridgehead atoms. The molecule has 1 aromatic heterocycles. The Morgan fingerprint density at radius 3 is 2.75 bits per heavy atom. The quantitative estimate of drug-likeness (QED) is 0.668. The molecule has 1 N–H and O–H groups in total. The molecule has 3 aromatic rings. The van der Waals surface area contributed by atoms with Crippen molar-refractivity contribution in [3.8, 4) is 0 Å². The first-order chi connectivity index (χ1) is 13.6. The van der Waals surface area contributed by atoms with Gasteiger partial charge in [0.1, 0.15) is 17.6 Å². The van der Waals surface area contributed by atoms with Crippen molar-refractivity contribution in [3.63, 3.8) is 0 Å². The highest BCUT2D eigenvalue weighted by Gasteiger charge is 2.34. The molecule has 4 rings (SSSR count). The maximum atomic E-state index is 13.3. The van der Waals surface area contributed by atoms with Crippen LogP contribution in [-0.4, -0.2) is 23.2 Å². The molecule has 1 aliphatic rings. The van der Waals surface area contributed by atoms with Crippen LogP contribution >= 0.6 is 11.6 Å². The third-order valence-electron chi connectivity index (χ3n) is 4.48. The molecule has 7 heteroatoms. The number of halogens is 2. The smallest absolute Gasteiger partial charge is 0.262 e. The lowest BCUT2D eigenvalue weighted by Gasteiger charge is -2.20. The van der Waals surface area contributed by atoms with Crippen LogP contribution in [0.25, 0.3) is 0 Å². The number of furan rings is 1. The zero-order valence-corrected chi connectivity index (χ0v) is 15.6. The Hall–Kier alpha value is -3.12. The van der Waals surface area contributed by atoms with E-state index < -0.39 is 0 Å². The van der Waals surface area contributed by atoms with Gasteiger partial charge in [0, 0.05) is 17.1 Å². The molecule has 1 aliphatic heterocycles. The van der Waals surface area contributed by atoms with Gasteiger partial charge >= 0.3 is 0 Å². The molecule has 2 aromatic carbocycles. The molecule has 5 nitrogen and oxygen atoms in total. The number of rotatable bonds is 5. The summed E-state index contributed by atoms with van der Waals surface area (Å²) in [4.78, 5) is 12.8. The number of hydrogen-bond donors (Lipinski definition) is 1. The monoisotopic (exact) mass is 397 g/mol. The third kappa shape index (κ3) is 3.92. The van der Waals surface area contributed by atoms with E-state index in [-0.39, 0.29) is 24.3 Å². The maximum absolute atomic E-state index is 13.3. The molecule has 0 radical (unpaired) electrons. The predicted molar refractivity (Wildman–Crippen MR) is 106 cm³/mol. The van der Waals surface area contributed by atoms with Gasteiger partial charge in [-0.2, -0.15) is 5.10 Å². The van der Waals surface area contributed by atoms with Crippen molar-refractivity contribution in [3.05, 3.63) is 89.1 Å². The predicted octanol–water partition coefficient (Wildman–Crippen LogP) is 4.86. The van der Waals surface area contributed by atoms with Gasteiger partial charge in [-0.05, 0) is 48.0 Å². The van der Waals surface area contributed by atoms with Gasteiger partial charge < -0.3 is 9.73 Å². The van der Waals surface area contributed by atoms with Crippen molar-refractivity contribution in [1.29, 1.82) is 0 Å². The van der Waals surface area contributed by atoms with Crippen molar-refractivity contribution in [2.75, 3.05) is 11.9 Å². The summed E-state index contributed by atoms with van der Waals surface area (Å²) in [5.41, 5.74) is 2.20. The third-order valence-corrected chi connectivity index (χ3v) is 4.74. The lowest BCUT2D eigenvalue weighted by Crippen LogP contribution is -2.32. The maximum Gasteiger partial charge on any atom is 0.262 e. The molecule has 0 saturated heterocycles. The van der Waals surface area contributed by atoms with Gasteiger partial charge in [0.2, 0.25) is 0 Å². The van der Waals surface area contributed by atoms with Crippen molar-refractivity contribution >= 4 is 28.9 Å². The molecule has 0 unspecified atom stereocenters. The summed E-state index contributed by atoms with van der Waals surface area (Å²) in [7, 11) is 0. The van der Waals surface area contributed by atoms with Gasteiger partial charge in [-0.1, -0.05) is 29.8 Å². The van der Waals surface area contributed by atoms with Crippen LogP contribution in [0.4, 0.5) is 10.1 Å². The molecule has 28 heavy (non-hydrogen) atoms. The normalized spacial score (nSPS) is 16.1. The summed E-state index contributed by atoms with van der Waals surface area (Å²) in [5.74, 6) is 0.0524. The topological polar surface area (TPSA) is 57.8 Å². The Morgan fingerprint density at radius 1 is 1.21 bits per heavy atom. The lowest BCUT2D eigenvalue weighted by atomic mass is 10.0. The average Bonchev–Trinajstić information content (AvgIpc) is 3.36. The molecule has 1 amide bonds. The van der Waals surface area contributed by atoms with E-state index >= 15 is 0 Å². The molecular weight excluding hydrogens is 381 g/mol. The fourth-order valence-corrected chi connectivity index (χ4v) is 3.24. The van der Waals surface area contributed by atoms with E-state index in [1.54, 1.807) is 36.6 Å². The summed E-state index contributed by atoms with van der Waals surface area (Å²) < 4.78 is 18.9. The summed E-state index contributed by atoms with van der Waals surface area (Å²) in [5, 5.41) is 9.54. The van der Waals surface area contributed by atoms with E-state index in [1.807, 2.05) is 18.2 Å². The van der Waals surface area contributed by atoms with Crippen LogP contribution in [0.1, 0.15) is 23.8 Å². The number of anilines is 1. The molecule has 0 fully saturated rings. The van der Waals surface area contributed by atoms with Crippen LogP contribution in [0.5, 0.6) is 0 Å². The standard InChI is InChI=1S/C21H17ClFN3O2/c22-15-8-6-14(7-9-15)18-12-19(20-5-2-10-28-20)26(25-18)21(27)13-24-17-4-1-3-16(23)11-17/h1-11,19,24H,12-13H2/t19-/m1/s1. The van der Waals surface area contributed by atoms with Crippen LogP contribution in [0, 0.1) is 5.82 Å². The largest absolute Gasteiger partial charge is 0.467 e. The second kappa shape index (κ2) is 7.86. The van der Waals surface area contributed by atoms with Gasteiger partial charge in [-0.25, -0.2) is 9.40 Å². The van der Waals surface area contributed by atoms with E-state index in [2.05, 4.69) is 10.4 Å². The van der Waals surface area contributed by atoms with E-state index in [9.17, 15) is 9.18 Å². The van der Waals surface area contributed by atoms with Gasteiger partial charge in [0.05, 0.1) is 18.5 Å². The SMILES string of the molecule is O=C(CNc1cccc(F)c1)N1N=C(c2ccc(Cl)cc2)C[C@@H]1c1ccco1. The number of benzene rings is 2. The Morgan fingerprint density at radius 2 is 2.04 bits per heavy atom. The zero-order chi connectivity index (χ0) is 19.5. The van der Waals surface area contributed by atoms with Gasteiger partial charge in [0.15, 0.2) is 0 Å². The average molecular weight is 398 g/mol. The molecule has 0 spiro atoms. The highest BCUT2D eigenvalue weighted by molar-refractivity contribution is 6.30. The second-order valence-electron chi connectivity index (χ2n) is 6.39. The van der Waals surface area contributed by atoms with Gasteiger partial charge in [-0.15, -0.1) is 0 Å². The number of carbonyl (C=O) groups excluding carboxylic acids is 1. The first-order valence-electron chi connectivity index (χ1n) is 8.78. The van der Waals surface area contributed by atoms with Crippen molar-refractivity contribution in [2.45, 2.75) is 12.5 Å². The summed E-state index contributed by atoms with van der Waals surface area (Å²) in [6.07, 6.45) is 2.10. The van der Waals surface area contributed by atoms with Crippen LogP contribution in [0.2, 0.25) is 5.02 Å². The Bertz CT molecular complexity index is 1000. The van der Waals surface area contributed by atoms with Gasteiger partial charge in [0.25, 0.3) is 5.91 Å². The molecule has 142 valence electrons. The van der Waals surface area contributed by atoms with Crippen LogP contribution in [0.3, 0.4) is 0 Å². The lowest BCUT2D eigenvalue weighted by molar-refractivity contribution is -0.131. The summed E-state index contributed by atoms with van der Waals surface area (Å²) >= 11 is 5.96. The summed E-state index contributed by atoms with van der Waals surface area (Å²) in [6, 6.07) is 16.6. The highest BCUT2D eigenvalue weighted by atomic mass is 35.5. The first-order valence-corrected chi connectivity index (χ1v) is 9.16.